The molecule has 2 amide bonds. The van der Waals surface area contributed by atoms with Gasteiger partial charge in [-0.25, -0.2) is 13.6 Å². The van der Waals surface area contributed by atoms with Crippen LogP contribution in [0.3, 0.4) is 0 Å². The van der Waals surface area contributed by atoms with Crippen LogP contribution in [0.1, 0.15) is 69.9 Å². The predicted octanol–water partition coefficient (Wildman–Crippen LogP) is 10.8. The number of hydrogen-bond donors (Lipinski definition) is 2. The van der Waals surface area contributed by atoms with Crippen LogP contribution >= 0.6 is 0 Å². The maximum Gasteiger partial charge on any atom is 0.320 e. The minimum atomic E-state index is -0.273. The van der Waals surface area contributed by atoms with Gasteiger partial charge in [0, 0.05) is 85.6 Å². The zero-order valence-corrected chi connectivity index (χ0v) is 31.7. The number of aryl methyl sites for hydroxylation is 2. The first-order valence-electron chi connectivity index (χ1n) is 19.4. The van der Waals surface area contributed by atoms with Gasteiger partial charge in [-0.2, -0.15) is 0 Å². The smallest absolute Gasteiger partial charge is 0.320 e. The van der Waals surface area contributed by atoms with Gasteiger partial charge >= 0.3 is 6.03 Å². The Hall–Kier alpha value is -6.09. The summed E-state index contributed by atoms with van der Waals surface area (Å²) in [5.41, 5.74) is 10.2. The van der Waals surface area contributed by atoms with Crippen molar-refractivity contribution in [2.24, 2.45) is 0 Å². The lowest BCUT2D eigenvalue weighted by Crippen LogP contribution is -2.52. The van der Waals surface area contributed by atoms with Crippen molar-refractivity contribution in [2.75, 3.05) is 36.8 Å². The lowest BCUT2D eigenvalue weighted by Gasteiger charge is -2.45. The molecule has 9 heteroatoms. The number of piperidine rings is 2. The number of halogens is 2. The molecule has 0 radical (unpaired) electrons. The molecule has 4 heterocycles. The van der Waals surface area contributed by atoms with Crippen LogP contribution in [0.5, 0.6) is 0 Å². The molecule has 4 atom stereocenters. The second-order valence-electron chi connectivity index (χ2n) is 15.1. The third-order valence-electron chi connectivity index (χ3n) is 11.7. The van der Waals surface area contributed by atoms with Gasteiger partial charge in [0.1, 0.15) is 11.6 Å². The summed E-state index contributed by atoms with van der Waals surface area (Å²) in [6, 6.07) is 33.9. The topological polar surface area (TPSA) is 73.4 Å². The van der Waals surface area contributed by atoms with E-state index in [1.807, 2.05) is 82.9 Å². The van der Waals surface area contributed by atoms with E-state index in [2.05, 4.69) is 58.7 Å². The number of benzene rings is 4. The van der Waals surface area contributed by atoms with Crippen molar-refractivity contribution in [3.63, 3.8) is 0 Å². The third-order valence-corrected chi connectivity index (χ3v) is 11.7. The number of para-hydroxylation sites is 2. The number of urea groups is 1. The van der Waals surface area contributed by atoms with Crippen molar-refractivity contribution in [3.05, 3.63) is 179 Å². The Morgan fingerprint density at radius 2 is 0.964 bits per heavy atom. The van der Waals surface area contributed by atoms with E-state index in [1.165, 1.54) is 24.3 Å². The van der Waals surface area contributed by atoms with Gasteiger partial charge in [-0.1, -0.05) is 60.7 Å². The van der Waals surface area contributed by atoms with Gasteiger partial charge in [0.25, 0.3) is 0 Å². The van der Waals surface area contributed by atoms with Gasteiger partial charge in [0.15, 0.2) is 0 Å². The van der Waals surface area contributed by atoms with E-state index in [9.17, 15) is 13.6 Å². The summed E-state index contributed by atoms with van der Waals surface area (Å²) in [5.74, 6) is -0.660. The Morgan fingerprint density at radius 3 is 1.38 bits per heavy atom. The number of carbonyl (C=O) groups is 1. The van der Waals surface area contributed by atoms with Crippen molar-refractivity contribution < 1.29 is 13.6 Å². The van der Waals surface area contributed by atoms with Crippen LogP contribution < -0.4 is 10.6 Å². The standard InChI is InChI=1S/C47H46F2N6O/c1-31-7-3-5-9-43(31)52-45-19-23-50-27-39(45)41-29-54(25-21-37(41)33-11-15-35(48)16-12-33)47(56)55-26-22-38(34-13-17-36(49)18-14-34)42(30-55)40-28-51-24-20-46(40)53-44-10-6-4-8-32(44)2/h3-20,23-24,27-28,37-38,41-42H,21-22,25-26,29-30H2,1-2H3,(H,50,52)(H,51,53). The summed E-state index contributed by atoms with van der Waals surface area (Å²) in [5, 5.41) is 7.30. The van der Waals surface area contributed by atoms with Crippen molar-refractivity contribution in [3.8, 4) is 0 Å². The van der Waals surface area contributed by atoms with Crippen LogP contribution in [0, 0.1) is 25.5 Å². The summed E-state index contributed by atoms with van der Waals surface area (Å²) in [6.07, 6.45) is 8.81. The number of amides is 2. The van der Waals surface area contributed by atoms with Gasteiger partial charge < -0.3 is 20.4 Å². The molecule has 2 aromatic heterocycles. The first kappa shape index (κ1) is 36.9. The number of nitrogens with one attached hydrogen (secondary N) is 2. The van der Waals surface area contributed by atoms with Crippen molar-refractivity contribution >= 4 is 28.8 Å². The third kappa shape index (κ3) is 7.85. The van der Waals surface area contributed by atoms with Crippen LogP contribution in [0.2, 0.25) is 0 Å². The van der Waals surface area contributed by atoms with E-state index in [0.717, 1.165) is 56.1 Å². The van der Waals surface area contributed by atoms with Crippen LogP contribution in [0.15, 0.2) is 134 Å². The average molecular weight is 749 g/mol. The zero-order valence-electron chi connectivity index (χ0n) is 31.7. The van der Waals surface area contributed by atoms with Gasteiger partial charge in [-0.15, -0.1) is 0 Å². The van der Waals surface area contributed by atoms with E-state index in [4.69, 9.17) is 0 Å². The van der Waals surface area contributed by atoms with Crippen LogP contribution in [-0.2, 0) is 0 Å². The Bertz CT molecular complexity index is 2140. The number of hydrogen-bond acceptors (Lipinski definition) is 5. The van der Waals surface area contributed by atoms with E-state index in [1.54, 1.807) is 12.4 Å². The maximum absolute atomic E-state index is 14.8. The van der Waals surface area contributed by atoms with Crippen molar-refractivity contribution in [1.29, 1.82) is 0 Å². The number of pyridine rings is 2. The molecular formula is C47H46F2N6O. The lowest BCUT2D eigenvalue weighted by atomic mass is 9.76. The molecule has 0 saturated carbocycles. The summed E-state index contributed by atoms with van der Waals surface area (Å²) < 4.78 is 28.3. The highest BCUT2D eigenvalue weighted by Gasteiger charge is 2.40. The normalized spacial score (nSPS) is 19.7. The molecule has 2 fully saturated rings. The minimum absolute atomic E-state index is 0.00952. The molecule has 4 aromatic carbocycles. The number of rotatable bonds is 8. The first-order valence-corrected chi connectivity index (χ1v) is 19.4. The predicted molar refractivity (Wildman–Crippen MR) is 219 cm³/mol. The molecule has 56 heavy (non-hydrogen) atoms. The van der Waals surface area contributed by atoms with E-state index in [-0.39, 0.29) is 41.3 Å². The second-order valence-corrected chi connectivity index (χ2v) is 15.1. The molecule has 6 aromatic rings. The van der Waals surface area contributed by atoms with E-state index in [0.29, 0.717) is 39.0 Å². The maximum atomic E-state index is 14.8. The Kier molecular flexibility index (Phi) is 10.8. The molecular weight excluding hydrogens is 703 g/mol. The molecule has 0 bridgehead atoms. The molecule has 0 aliphatic carbocycles. The molecule has 284 valence electrons. The van der Waals surface area contributed by atoms with Crippen molar-refractivity contribution in [1.82, 2.24) is 19.8 Å². The van der Waals surface area contributed by atoms with Gasteiger partial charge in [0.2, 0.25) is 0 Å². The SMILES string of the molecule is Cc1ccccc1Nc1ccncc1C1CN(C(=O)N2CCC(c3ccc(F)cc3)C(c3cnccc3Nc3ccccc3C)C2)CCC1c1ccc(F)cc1. The number of nitrogens with zero attached hydrogens (tertiary/aromatic N) is 4. The quantitative estimate of drug-likeness (QED) is 0.162. The van der Waals surface area contributed by atoms with Gasteiger partial charge in [0.05, 0.1) is 0 Å². The molecule has 8 rings (SSSR count). The number of anilines is 4. The number of likely N-dealkylation sites (tertiary alicyclic amines) is 2. The average Bonchev–Trinajstić information content (AvgIpc) is 3.23. The van der Waals surface area contributed by atoms with Crippen molar-refractivity contribution in [2.45, 2.75) is 50.4 Å². The summed E-state index contributed by atoms with van der Waals surface area (Å²) >= 11 is 0. The number of aromatic nitrogens is 2. The van der Waals surface area contributed by atoms with Gasteiger partial charge in [-0.05, 0) is 120 Å². The Morgan fingerprint density at radius 1 is 0.554 bits per heavy atom. The van der Waals surface area contributed by atoms with Crippen LogP contribution in [0.4, 0.5) is 36.3 Å². The summed E-state index contributed by atoms with van der Waals surface area (Å²) in [7, 11) is 0. The fourth-order valence-electron chi connectivity index (χ4n) is 8.65. The fraction of sp³-hybridized carbons (Fsp3) is 0.255. The zero-order chi connectivity index (χ0) is 38.6. The summed E-state index contributed by atoms with van der Waals surface area (Å²) in [4.78, 5) is 27.9. The molecule has 4 unspecified atom stereocenters. The Labute approximate surface area is 327 Å². The highest BCUT2D eigenvalue weighted by molar-refractivity contribution is 5.76. The minimum Gasteiger partial charge on any atom is -0.355 e. The number of carbonyl (C=O) groups excluding carboxylic acids is 1. The molecule has 0 spiro atoms. The Balaban J connectivity index is 1.11. The highest BCUT2D eigenvalue weighted by Crippen LogP contribution is 2.45. The molecule has 2 N–H and O–H groups in total. The largest absolute Gasteiger partial charge is 0.355 e. The molecule has 2 aliphatic heterocycles. The van der Waals surface area contributed by atoms with Gasteiger partial charge in [-0.3, -0.25) is 9.97 Å². The molecule has 2 aliphatic rings. The highest BCUT2D eigenvalue weighted by atomic mass is 19.1. The van der Waals surface area contributed by atoms with Crippen LogP contribution in [0.25, 0.3) is 0 Å². The first-order chi connectivity index (χ1) is 27.3. The summed E-state index contributed by atoms with van der Waals surface area (Å²) in [6.45, 7) is 6.23. The molecule has 2 saturated heterocycles. The lowest BCUT2D eigenvalue weighted by molar-refractivity contribution is 0.117. The monoisotopic (exact) mass is 748 g/mol. The fourth-order valence-corrected chi connectivity index (χ4v) is 8.65. The van der Waals surface area contributed by atoms with Crippen LogP contribution in [-0.4, -0.2) is 52.0 Å². The molecule has 7 nitrogen and oxygen atoms in total. The van der Waals surface area contributed by atoms with E-state index < -0.39 is 0 Å². The second kappa shape index (κ2) is 16.3. The van der Waals surface area contributed by atoms with E-state index >= 15 is 0 Å².